The average molecular weight is 342 g/mol. The molecule has 0 atom stereocenters. The standard InChI is InChI=1S/C19H19FN2OS/c1-21(2)14-9-7-13(8-10-14)12-22(3)19(23)18-11-15-16(20)5-4-6-17(15)24-18/h4-11H,12H2,1-3H3. The lowest BCUT2D eigenvalue weighted by Crippen LogP contribution is -2.25. The Morgan fingerprint density at radius 2 is 1.79 bits per heavy atom. The summed E-state index contributed by atoms with van der Waals surface area (Å²) in [5, 5.41) is 0.509. The van der Waals surface area contributed by atoms with E-state index in [0.717, 1.165) is 16.0 Å². The van der Waals surface area contributed by atoms with E-state index in [9.17, 15) is 9.18 Å². The summed E-state index contributed by atoms with van der Waals surface area (Å²) in [5.41, 5.74) is 2.18. The third kappa shape index (κ3) is 3.26. The minimum Gasteiger partial charge on any atom is -0.378 e. The second kappa shape index (κ2) is 6.61. The molecular formula is C19H19FN2OS. The molecule has 0 N–H and O–H groups in total. The first kappa shape index (κ1) is 16.5. The fourth-order valence-corrected chi connectivity index (χ4v) is 3.63. The van der Waals surface area contributed by atoms with Crippen LogP contribution in [0.5, 0.6) is 0 Å². The van der Waals surface area contributed by atoms with E-state index in [4.69, 9.17) is 0 Å². The van der Waals surface area contributed by atoms with Crippen molar-refractivity contribution in [1.29, 1.82) is 0 Å². The molecule has 1 aromatic heterocycles. The molecule has 3 nitrogen and oxygen atoms in total. The zero-order chi connectivity index (χ0) is 17.3. The number of carbonyl (C=O) groups is 1. The number of hydrogen-bond acceptors (Lipinski definition) is 3. The smallest absolute Gasteiger partial charge is 0.264 e. The van der Waals surface area contributed by atoms with Gasteiger partial charge in [0.2, 0.25) is 0 Å². The number of benzene rings is 2. The van der Waals surface area contributed by atoms with Crippen molar-refractivity contribution in [3.05, 3.63) is 64.8 Å². The molecule has 0 unspecified atom stereocenters. The van der Waals surface area contributed by atoms with Crippen molar-refractivity contribution < 1.29 is 9.18 Å². The van der Waals surface area contributed by atoms with Crippen LogP contribution < -0.4 is 4.90 Å². The Bertz CT molecular complexity index is 871. The molecule has 1 heterocycles. The molecule has 0 bridgehead atoms. The van der Waals surface area contributed by atoms with Crippen LogP contribution >= 0.6 is 11.3 Å². The fourth-order valence-electron chi connectivity index (χ4n) is 2.56. The van der Waals surface area contributed by atoms with Crippen LogP contribution in [0.4, 0.5) is 10.1 Å². The fraction of sp³-hybridized carbons (Fsp3) is 0.211. The highest BCUT2D eigenvalue weighted by Gasteiger charge is 2.16. The van der Waals surface area contributed by atoms with Gasteiger partial charge in [-0.15, -0.1) is 11.3 Å². The molecule has 0 aliphatic carbocycles. The van der Waals surface area contributed by atoms with Gasteiger partial charge >= 0.3 is 0 Å². The SMILES string of the molecule is CN(Cc1ccc(N(C)C)cc1)C(=O)c1cc2c(F)cccc2s1. The van der Waals surface area contributed by atoms with E-state index in [1.165, 1.54) is 17.4 Å². The van der Waals surface area contributed by atoms with Crippen molar-refractivity contribution in [2.45, 2.75) is 6.54 Å². The van der Waals surface area contributed by atoms with Gasteiger partial charge in [0.1, 0.15) is 5.82 Å². The van der Waals surface area contributed by atoms with Crippen molar-refractivity contribution in [1.82, 2.24) is 4.90 Å². The summed E-state index contributed by atoms with van der Waals surface area (Å²) < 4.78 is 14.6. The highest BCUT2D eigenvalue weighted by Crippen LogP contribution is 2.28. The summed E-state index contributed by atoms with van der Waals surface area (Å²) in [6.07, 6.45) is 0. The Balaban J connectivity index is 1.77. The Hall–Kier alpha value is -2.40. The molecule has 124 valence electrons. The average Bonchev–Trinajstić information content (AvgIpc) is 3.00. The quantitative estimate of drug-likeness (QED) is 0.702. The molecule has 0 radical (unpaired) electrons. The maximum Gasteiger partial charge on any atom is 0.264 e. The molecular weight excluding hydrogens is 323 g/mol. The third-order valence-electron chi connectivity index (χ3n) is 3.94. The predicted molar refractivity (Wildman–Crippen MR) is 98.3 cm³/mol. The van der Waals surface area contributed by atoms with Crippen molar-refractivity contribution >= 4 is 33.0 Å². The van der Waals surface area contributed by atoms with Gasteiger partial charge in [-0.3, -0.25) is 4.79 Å². The van der Waals surface area contributed by atoms with Gasteiger partial charge in [0.25, 0.3) is 5.91 Å². The first-order valence-corrected chi connectivity index (χ1v) is 8.47. The molecule has 0 saturated carbocycles. The van der Waals surface area contributed by atoms with Crippen molar-refractivity contribution in [2.24, 2.45) is 0 Å². The van der Waals surface area contributed by atoms with E-state index in [1.54, 1.807) is 24.1 Å². The number of rotatable bonds is 4. The number of fused-ring (bicyclic) bond motifs is 1. The Labute approximate surface area is 144 Å². The number of nitrogens with zero attached hydrogens (tertiary/aromatic N) is 2. The summed E-state index contributed by atoms with van der Waals surface area (Å²) in [4.78, 5) is 16.9. The summed E-state index contributed by atoms with van der Waals surface area (Å²) >= 11 is 1.33. The molecule has 3 rings (SSSR count). The summed E-state index contributed by atoms with van der Waals surface area (Å²) in [6.45, 7) is 0.517. The van der Waals surface area contributed by atoms with Crippen molar-refractivity contribution in [3.8, 4) is 0 Å². The van der Waals surface area contributed by atoms with Gasteiger partial charge in [0, 0.05) is 43.5 Å². The molecule has 0 saturated heterocycles. The van der Waals surface area contributed by atoms with Gasteiger partial charge in [-0.05, 0) is 35.9 Å². The molecule has 0 spiro atoms. The van der Waals surface area contributed by atoms with Gasteiger partial charge < -0.3 is 9.80 Å². The summed E-state index contributed by atoms with van der Waals surface area (Å²) in [6, 6.07) is 14.7. The topological polar surface area (TPSA) is 23.6 Å². The maximum atomic E-state index is 13.8. The zero-order valence-electron chi connectivity index (χ0n) is 13.9. The van der Waals surface area contributed by atoms with Crippen LogP contribution in [0.1, 0.15) is 15.2 Å². The molecule has 0 aliphatic rings. The van der Waals surface area contributed by atoms with E-state index in [1.807, 2.05) is 49.3 Å². The predicted octanol–water partition coefficient (Wildman–Crippen LogP) is 4.38. The van der Waals surface area contributed by atoms with Crippen LogP contribution in [0.2, 0.25) is 0 Å². The normalized spacial score (nSPS) is 10.8. The number of carbonyl (C=O) groups excluding carboxylic acids is 1. The van der Waals surface area contributed by atoms with E-state index >= 15 is 0 Å². The Kier molecular flexibility index (Phi) is 4.53. The van der Waals surface area contributed by atoms with E-state index in [-0.39, 0.29) is 11.7 Å². The van der Waals surface area contributed by atoms with Crippen molar-refractivity contribution in [2.75, 3.05) is 26.0 Å². The first-order chi connectivity index (χ1) is 11.5. The van der Waals surface area contributed by atoms with Crippen LogP contribution in [0, 0.1) is 5.82 Å². The van der Waals surface area contributed by atoms with Gasteiger partial charge in [-0.1, -0.05) is 18.2 Å². The molecule has 5 heteroatoms. The largest absolute Gasteiger partial charge is 0.378 e. The molecule has 0 fully saturated rings. The van der Waals surface area contributed by atoms with Gasteiger partial charge in [-0.2, -0.15) is 0 Å². The number of thiophene rings is 1. The summed E-state index contributed by atoms with van der Waals surface area (Å²) in [7, 11) is 5.75. The number of amides is 1. The molecule has 1 amide bonds. The number of hydrogen-bond donors (Lipinski definition) is 0. The van der Waals surface area contributed by atoms with Crippen molar-refractivity contribution in [3.63, 3.8) is 0 Å². The lowest BCUT2D eigenvalue weighted by molar-refractivity contribution is 0.0790. The number of anilines is 1. The van der Waals surface area contributed by atoms with Crippen LogP contribution in [-0.4, -0.2) is 32.0 Å². The third-order valence-corrected chi connectivity index (χ3v) is 5.03. The zero-order valence-corrected chi connectivity index (χ0v) is 14.7. The Morgan fingerprint density at radius 1 is 1.08 bits per heavy atom. The minimum atomic E-state index is -0.287. The monoisotopic (exact) mass is 342 g/mol. The van der Waals surface area contributed by atoms with Crippen LogP contribution in [0.3, 0.4) is 0 Å². The second-order valence-corrected chi connectivity index (χ2v) is 7.07. The van der Waals surface area contributed by atoms with E-state index < -0.39 is 0 Å². The number of halogens is 1. The van der Waals surface area contributed by atoms with Gasteiger partial charge in [-0.25, -0.2) is 4.39 Å². The van der Waals surface area contributed by atoms with Crippen LogP contribution in [0.25, 0.3) is 10.1 Å². The Morgan fingerprint density at radius 3 is 2.42 bits per heavy atom. The molecule has 24 heavy (non-hydrogen) atoms. The van der Waals surface area contributed by atoms with Crippen LogP contribution in [0.15, 0.2) is 48.5 Å². The van der Waals surface area contributed by atoms with Crippen LogP contribution in [-0.2, 0) is 6.54 Å². The van der Waals surface area contributed by atoms with Gasteiger partial charge in [0.05, 0.1) is 4.88 Å². The van der Waals surface area contributed by atoms with E-state index in [2.05, 4.69) is 0 Å². The molecule has 3 aromatic rings. The summed E-state index contributed by atoms with van der Waals surface area (Å²) in [5.74, 6) is -0.378. The molecule has 2 aromatic carbocycles. The lowest BCUT2D eigenvalue weighted by Gasteiger charge is -2.17. The highest BCUT2D eigenvalue weighted by atomic mass is 32.1. The molecule has 0 aliphatic heterocycles. The maximum absolute atomic E-state index is 13.8. The van der Waals surface area contributed by atoms with Gasteiger partial charge in [0.15, 0.2) is 0 Å². The second-order valence-electron chi connectivity index (χ2n) is 5.98. The van der Waals surface area contributed by atoms with E-state index in [0.29, 0.717) is 16.8 Å². The highest BCUT2D eigenvalue weighted by molar-refractivity contribution is 7.20. The lowest BCUT2D eigenvalue weighted by atomic mass is 10.2. The first-order valence-electron chi connectivity index (χ1n) is 7.65. The minimum absolute atomic E-state index is 0.0905.